The Labute approximate surface area is 166 Å². The number of halogens is 1. The molecule has 0 aliphatic carbocycles. The largest absolute Gasteiger partial charge is 0.497 e. The van der Waals surface area contributed by atoms with E-state index in [9.17, 15) is 4.79 Å². The summed E-state index contributed by atoms with van der Waals surface area (Å²) < 4.78 is 10.3. The smallest absolute Gasteiger partial charge is 0.246 e. The Morgan fingerprint density at radius 3 is 2.59 bits per heavy atom. The van der Waals surface area contributed by atoms with Gasteiger partial charge in [-0.1, -0.05) is 16.8 Å². The molecule has 0 spiro atoms. The summed E-state index contributed by atoms with van der Waals surface area (Å²) in [5, 5.41) is 7.15. The van der Waals surface area contributed by atoms with Crippen molar-refractivity contribution < 1.29 is 14.1 Å². The van der Waals surface area contributed by atoms with Gasteiger partial charge >= 0.3 is 0 Å². The zero-order valence-electron chi connectivity index (χ0n) is 14.8. The molecule has 0 saturated carbocycles. The highest BCUT2D eigenvalue weighted by Crippen LogP contribution is 2.25. The van der Waals surface area contributed by atoms with Crippen molar-refractivity contribution in [3.63, 3.8) is 0 Å². The van der Waals surface area contributed by atoms with Gasteiger partial charge in [-0.05, 0) is 55.5 Å². The monoisotopic (exact) mass is 403 g/mol. The number of aromatic nitrogens is 2. The molecule has 2 aromatic carbocycles. The van der Waals surface area contributed by atoms with E-state index in [0.717, 1.165) is 16.2 Å². The van der Waals surface area contributed by atoms with E-state index in [2.05, 4.69) is 15.5 Å². The van der Waals surface area contributed by atoms with E-state index in [-0.39, 0.29) is 17.7 Å². The van der Waals surface area contributed by atoms with E-state index >= 15 is 0 Å². The Hall–Kier alpha value is -2.51. The normalized spacial score (nSPS) is 11.8. The number of nitrogens with one attached hydrogen (secondary N) is 1. The lowest BCUT2D eigenvalue weighted by atomic mass is 10.2. The van der Waals surface area contributed by atoms with Crippen LogP contribution < -0.4 is 10.1 Å². The molecule has 0 radical (unpaired) electrons. The molecule has 6 nitrogen and oxygen atoms in total. The molecule has 1 atom stereocenters. The predicted octanol–water partition coefficient (Wildman–Crippen LogP) is 4.20. The lowest BCUT2D eigenvalue weighted by Gasteiger charge is -2.10. The topological polar surface area (TPSA) is 77.3 Å². The highest BCUT2D eigenvalue weighted by molar-refractivity contribution is 8.00. The Kier molecular flexibility index (Phi) is 6.36. The first kappa shape index (κ1) is 19.3. The average molecular weight is 404 g/mol. The van der Waals surface area contributed by atoms with Gasteiger partial charge in [0.15, 0.2) is 0 Å². The van der Waals surface area contributed by atoms with E-state index in [1.54, 1.807) is 19.2 Å². The van der Waals surface area contributed by atoms with E-state index in [1.165, 1.54) is 11.8 Å². The lowest BCUT2D eigenvalue weighted by molar-refractivity contribution is -0.120. The van der Waals surface area contributed by atoms with Gasteiger partial charge in [-0.3, -0.25) is 4.79 Å². The van der Waals surface area contributed by atoms with Crippen LogP contribution in [-0.4, -0.2) is 28.4 Å². The second kappa shape index (κ2) is 8.92. The molecule has 0 aliphatic heterocycles. The molecule has 0 aliphatic rings. The second-order valence-corrected chi connectivity index (χ2v) is 7.52. The third-order valence-corrected chi connectivity index (χ3v) is 5.09. The zero-order valence-corrected chi connectivity index (χ0v) is 16.4. The van der Waals surface area contributed by atoms with Crippen LogP contribution in [0.3, 0.4) is 0 Å². The van der Waals surface area contributed by atoms with Crippen LogP contribution >= 0.6 is 23.4 Å². The quantitative estimate of drug-likeness (QED) is 0.596. The van der Waals surface area contributed by atoms with Gasteiger partial charge in [0.25, 0.3) is 0 Å². The van der Waals surface area contributed by atoms with Crippen LogP contribution in [0.4, 0.5) is 0 Å². The summed E-state index contributed by atoms with van der Waals surface area (Å²) in [6.45, 7) is 2.01. The van der Waals surface area contributed by atoms with Crippen LogP contribution in [0.15, 0.2) is 57.9 Å². The first-order valence-electron chi connectivity index (χ1n) is 8.22. The van der Waals surface area contributed by atoms with Gasteiger partial charge in [0.05, 0.1) is 18.9 Å². The van der Waals surface area contributed by atoms with Crippen LogP contribution in [0.2, 0.25) is 5.02 Å². The molecule has 27 heavy (non-hydrogen) atoms. The maximum Gasteiger partial charge on any atom is 0.246 e. The summed E-state index contributed by atoms with van der Waals surface area (Å²) in [5.74, 6) is 1.45. The number of carbonyl (C=O) groups excluding carboxylic acids is 1. The second-order valence-electron chi connectivity index (χ2n) is 5.67. The van der Waals surface area contributed by atoms with E-state index in [1.807, 2.05) is 43.3 Å². The molecule has 0 fully saturated rings. The molecule has 1 heterocycles. The molecule has 0 saturated heterocycles. The average Bonchev–Trinajstić information content (AvgIpc) is 3.17. The SMILES string of the molecule is COc1ccc(-c2noc(CNC(=O)[C@H](C)Sc3ccc(Cl)cc3)n2)cc1. The lowest BCUT2D eigenvalue weighted by Crippen LogP contribution is -2.30. The molecule has 0 bridgehead atoms. The van der Waals surface area contributed by atoms with Crippen LogP contribution in [-0.2, 0) is 11.3 Å². The highest BCUT2D eigenvalue weighted by atomic mass is 35.5. The maximum atomic E-state index is 12.3. The minimum atomic E-state index is -0.268. The molecule has 8 heteroatoms. The maximum absolute atomic E-state index is 12.3. The van der Waals surface area contributed by atoms with Crippen LogP contribution in [0.25, 0.3) is 11.4 Å². The Bertz CT molecular complexity index is 897. The van der Waals surface area contributed by atoms with Crippen molar-refractivity contribution in [2.24, 2.45) is 0 Å². The zero-order chi connectivity index (χ0) is 19.2. The van der Waals surface area contributed by atoms with E-state index < -0.39 is 0 Å². The molecule has 3 aromatic rings. The third kappa shape index (κ3) is 5.24. The number of hydrogen-bond donors (Lipinski definition) is 1. The minimum Gasteiger partial charge on any atom is -0.497 e. The van der Waals surface area contributed by atoms with Gasteiger partial charge in [-0.15, -0.1) is 11.8 Å². The van der Waals surface area contributed by atoms with Crippen molar-refractivity contribution >= 4 is 29.3 Å². The first-order valence-corrected chi connectivity index (χ1v) is 9.48. The van der Waals surface area contributed by atoms with Crippen molar-refractivity contribution in [2.45, 2.75) is 23.6 Å². The Morgan fingerprint density at radius 1 is 1.22 bits per heavy atom. The molecule has 3 rings (SSSR count). The minimum absolute atomic E-state index is 0.112. The number of ether oxygens (including phenoxy) is 1. The standard InChI is InChI=1S/C19H18ClN3O3S/c1-12(27-16-9-5-14(20)6-10-16)19(24)21-11-17-22-18(23-26-17)13-3-7-15(25-2)8-4-13/h3-10,12H,11H2,1-2H3,(H,21,24)/t12-/m0/s1. The number of nitrogens with zero attached hydrogens (tertiary/aromatic N) is 2. The summed E-state index contributed by atoms with van der Waals surface area (Å²) in [6.07, 6.45) is 0. The molecule has 1 amide bonds. The van der Waals surface area contributed by atoms with Gasteiger partial charge in [-0.25, -0.2) is 0 Å². The van der Waals surface area contributed by atoms with Crippen LogP contribution in [0.1, 0.15) is 12.8 Å². The number of rotatable bonds is 7. The molecular formula is C19H18ClN3O3S. The fraction of sp³-hybridized carbons (Fsp3) is 0.211. The van der Waals surface area contributed by atoms with Crippen molar-refractivity contribution in [3.05, 3.63) is 59.4 Å². The summed E-state index contributed by atoms with van der Waals surface area (Å²) in [7, 11) is 1.61. The van der Waals surface area contributed by atoms with Gasteiger partial charge < -0.3 is 14.6 Å². The van der Waals surface area contributed by atoms with Crippen molar-refractivity contribution in [3.8, 4) is 17.1 Å². The first-order chi connectivity index (χ1) is 13.0. The summed E-state index contributed by atoms with van der Waals surface area (Å²) in [4.78, 5) is 17.6. The number of thioether (sulfide) groups is 1. The van der Waals surface area contributed by atoms with E-state index in [0.29, 0.717) is 16.7 Å². The van der Waals surface area contributed by atoms with Crippen molar-refractivity contribution in [1.82, 2.24) is 15.5 Å². The summed E-state index contributed by atoms with van der Waals surface area (Å²) in [6, 6.07) is 14.7. The van der Waals surface area contributed by atoms with Crippen LogP contribution in [0.5, 0.6) is 5.75 Å². The number of hydrogen-bond acceptors (Lipinski definition) is 6. The Morgan fingerprint density at radius 2 is 1.93 bits per heavy atom. The fourth-order valence-electron chi connectivity index (χ4n) is 2.26. The molecule has 0 unspecified atom stereocenters. The molecular weight excluding hydrogens is 386 g/mol. The summed E-state index contributed by atoms with van der Waals surface area (Å²) >= 11 is 7.32. The van der Waals surface area contributed by atoms with Gasteiger partial charge in [0.2, 0.25) is 17.6 Å². The van der Waals surface area contributed by atoms with Crippen molar-refractivity contribution in [1.29, 1.82) is 0 Å². The fourth-order valence-corrected chi connectivity index (χ4v) is 3.28. The predicted molar refractivity (Wildman–Crippen MR) is 105 cm³/mol. The van der Waals surface area contributed by atoms with Crippen LogP contribution in [0, 0.1) is 0 Å². The third-order valence-electron chi connectivity index (χ3n) is 3.73. The molecule has 140 valence electrons. The number of amides is 1. The van der Waals surface area contributed by atoms with Crippen molar-refractivity contribution in [2.75, 3.05) is 7.11 Å². The number of methoxy groups -OCH3 is 1. The molecule has 1 aromatic heterocycles. The van der Waals surface area contributed by atoms with Gasteiger partial charge in [-0.2, -0.15) is 4.98 Å². The summed E-state index contributed by atoms with van der Waals surface area (Å²) in [5.41, 5.74) is 0.809. The number of carbonyl (C=O) groups is 1. The Balaban J connectivity index is 1.54. The van der Waals surface area contributed by atoms with Gasteiger partial charge in [0.1, 0.15) is 5.75 Å². The van der Waals surface area contributed by atoms with E-state index in [4.69, 9.17) is 20.9 Å². The molecule has 1 N–H and O–H groups in total. The van der Waals surface area contributed by atoms with Gasteiger partial charge in [0, 0.05) is 15.5 Å². The number of benzene rings is 2. The highest BCUT2D eigenvalue weighted by Gasteiger charge is 2.16.